The largest absolute Gasteiger partial charge is 0.573 e. The first-order valence-corrected chi connectivity index (χ1v) is 7.01. The molecule has 1 aromatic heterocycles. The molecule has 1 heterocycles. The van der Waals surface area contributed by atoms with Gasteiger partial charge in [-0.15, -0.1) is 24.5 Å². The molecular formula is C13H10F3N3O3S. The third-order valence-corrected chi connectivity index (χ3v) is 3.28. The lowest BCUT2D eigenvalue weighted by Crippen LogP contribution is -2.17. The van der Waals surface area contributed by atoms with Crippen molar-refractivity contribution >= 4 is 28.3 Å². The van der Waals surface area contributed by atoms with Crippen LogP contribution in [0.4, 0.5) is 18.3 Å². The summed E-state index contributed by atoms with van der Waals surface area (Å²) in [6.45, 7) is 0. The summed E-state index contributed by atoms with van der Waals surface area (Å²) in [5.74, 6) is -1.52. The molecule has 0 bridgehead atoms. The summed E-state index contributed by atoms with van der Waals surface area (Å²) in [5.41, 5.74) is 5.58. The van der Waals surface area contributed by atoms with E-state index in [1.54, 1.807) is 5.38 Å². The van der Waals surface area contributed by atoms with E-state index in [-0.39, 0.29) is 17.1 Å². The fourth-order valence-corrected chi connectivity index (χ4v) is 2.31. The van der Waals surface area contributed by atoms with Gasteiger partial charge < -0.3 is 10.5 Å². The first kappa shape index (κ1) is 16.7. The monoisotopic (exact) mass is 345 g/mol. The molecule has 0 saturated heterocycles. The summed E-state index contributed by atoms with van der Waals surface area (Å²) in [6, 6.07) is 4.44. The molecule has 1 aromatic carbocycles. The lowest BCUT2D eigenvalue weighted by Gasteiger charge is -2.09. The van der Waals surface area contributed by atoms with Gasteiger partial charge in [-0.1, -0.05) is 0 Å². The van der Waals surface area contributed by atoms with Crippen molar-refractivity contribution in [2.24, 2.45) is 5.73 Å². The van der Waals surface area contributed by atoms with Crippen LogP contribution >= 0.6 is 11.3 Å². The summed E-state index contributed by atoms with van der Waals surface area (Å²) >= 11 is 1.10. The summed E-state index contributed by atoms with van der Waals surface area (Å²) < 4.78 is 39.8. The molecule has 6 nitrogen and oxygen atoms in total. The molecular weight excluding hydrogens is 335 g/mol. The van der Waals surface area contributed by atoms with Gasteiger partial charge in [0, 0.05) is 10.9 Å². The number of ether oxygens (including phenoxy) is 1. The van der Waals surface area contributed by atoms with Crippen LogP contribution < -0.4 is 15.8 Å². The van der Waals surface area contributed by atoms with E-state index in [4.69, 9.17) is 5.73 Å². The molecule has 0 fully saturated rings. The number of alkyl halides is 3. The number of halogens is 3. The molecule has 0 aliphatic rings. The second kappa shape index (κ2) is 6.65. The van der Waals surface area contributed by atoms with Gasteiger partial charge >= 0.3 is 6.36 Å². The molecule has 122 valence electrons. The number of aromatic nitrogens is 1. The van der Waals surface area contributed by atoms with Gasteiger partial charge in [-0.3, -0.25) is 14.9 Å². The average Bonchev–Trinajstić information content (AvgIpc) is 2.84. The van der Waals surface area contributed by atoms with Crippen molar-refractivity contribution in [3.8, 4) is 5.75 Å². The topological polar surface area (TPSA) is 94.3 Å². The summed E-state index contributed by atoms with van der Waals surface area (Å²) in [7, 11) is 0. The van der Waals surface area contributed by atoms with Crippen LogP contribution in [-0.4, -0.2) is 23.2 Å². The molecule has 0 spiro atoms. The highest BCUT2D eigenvalue weighted by atomic mass is 32.1. The Morgan fingerprint density at radius 3 is 2.48 bits per heavy atom. The molecule has 3 N–H and O–H groups in total. The molecule has 23 heavy (non-hydrogen) atoms. The number of hydrogen-bond acceptors (Lipinski definition) is 5. The van der Waals surface area contributed by atoms with Gasteiger partial charge in [0.05, 0.1) is 12.1 Å². The molecule has 2 rings (SSSR count). The van der Waals surface area contributed by atoms with Crippen molar-refractivity contribution in [1.82, 2.24) is 4.98 Å². The first-order valence-electron chi connectivity index (χ1n) is 6.13. The van der Waals surface area contributed by atoms with Gasteiger partial charge in [0.1, 0.15) is 5.75 Å². The maximum absolute atomic E-state index is 12.0. The Bertz CT molecular complexity index is 713. The number of carbonyl (C=O) groups excluding carboxylic acids is 2. The van der Waals surface area contributed by atoms with E-state index in [1.165, 1.54) is 12.1 Å². The van der Waals surface area contributed by atoms with Crippen LogP contribution in [0.25, 0.3) is 0 Å². The molecule has 2 amide bonds. The number of carbonyl (C=O) groups is 2. The maximum Gasteiger partial charge on any atom is 0.573 e. The number of benzene rings is 1. The molecule has 0 atom stereocenters. The SMILES string of the molecule is NC(=O)Cc1csc(NC(=O)c2ccc(OC(F)(F)F)cc2)n1. The number of nitrogens with one attached hydrogen (secondary N) is 1. The van der Waals surface area contributed by atoms with E-state index in [0.29, 0.717) is 5.69 Å². The van der Waals surface area contributed by atoms with Crippen molar-refractivity contribution in [3.05, 3.63) is 40.9 Å². The van der Waals surface area contributed by atoms with Crippen LogP contribution in [0.15, 0.2) is 29.6 Å². The van der Waals surface area contributed by atoms with Crippen molar-refractivity contribution in [2.45, 2.75) is 12.8 Å². The van der Waals surface area contributed by atoms with Crippen LogP contribution in [0.3, 0.4) is 0 Å². The fourth-order valence-electron chi connectivity index (χ4n) is 1.60. The van der Waals surface area contributed by atoms with E-state index in [1.807, 2.05) is 0 Å². The Hall–Kier alpha value is -2.62. The Morgan fingerprint density at radius 2 is 1.91 bits per heavy atom. The van der Waals surface area contributed by atoms with Crippen molar-refractivity contribution in [2.75, 3.05) is 5.32 Å². The molecule has 0 aliphatic carbocycles. The zero-order chi connectivity index (χ0) is 17.0. The zero-order valence-corrected chi connectivity index (χ0v) is 12.2. The second-order valence-corrected chi connectivity index (χ2v) is 5.17. The maximum atomic E-state index is 12.0. The van der Waals surface area contributed by atoms with Gasteiger partial charge in [-0.25, -0.2) is 4.98 Å². The molecule has 0 radical (unpaired) electrons. The first-order chi connectivity index (χ1) is 10.7. The van der Waals surface area contributed by atoms with Crippen molar-refractivity contribution in [3.63, 3.8) is 0 Å². The van der Waals surface area contributed by atoms with Crippen LogP contribution in [0, 0.1) is 0 Å². The molecule has 0 aliphatic heterocycles. The number of amides is 2. The highest BCUT2D eigenvalue weighted by Gasteiger charge is 2.31. The summed E-state index contributed by atoms with van der Waals surface area (Å²) in [5, 5.41) is 4.29. The Labute approximate surface area is 132 Å². The number of primary amides is 1. The third-order valence-electron chi connectivity index (χ3n) is 2.48. The highest BCUT2D eigenvalue weighted by molar-refractivity contribution is 7.14. The van der Waals surface area contributed by atoms with Crippen LogP contribution in [-0.2, 0) is 11.2 Å². The molecule has 10 heteroatoms. The number of nitrogens with two attached hydrogens (primary N) is 1. The minimum Gasteiger partial charge on any atom is -0.406 e. The van der Waals surface area contributed by atoms with Crippen LogP contribution in [0.2, 0.25) is 0 Å². The zero-order valence-electron chi connectivity index (χ0n) is 11.4. The predicted octanol–water partition coefficient (Wildman–Crippen LogP) is 2.32. The number of nitrogens with zero attached hydrogens (tertiary/aromatic N) is 1. The van der Waals surface area contributed by atoms with E-state index >= 15 is 0 Å². The Kier molecular flexibility index (Phi) is 4.84. The van der Waals surface area contributed by atoms with Crippen molar-refractivity contribution in [1.29, 1.82) is 0 Å². The fraction of sp³-hybridized carbons (Fsp3) is 0.154. The van der Waals surface area contributed by atoms with E-state index < -0.39 is 23.9 Å². The third kappa shape index (κ3) is 5.25. The van der Waals surface area contributed by atoms with E-state index in [0.717, 1.165) is 23.5 Å². The average molecular weight is 345 g/mol. The van der Waals surface area contributed by atoms with Gasteiger partial charge in [0.2, 0.25) is 5.91 Å². The summed E-state index contributed by atoms with van der Waals surface area (Å²) in [4.78, 5) is 26.7. The van der Waals surface area contributed by atoms with E-state index in [9.17, 15) is 22.8 Å². The summed E-state index contributed by atoms with van der Waals surface area (Å²) in [6.07, 6.45) is -4.84. The number of thiazole rings is 1. The minimum atomic E-state index is -4.79. The minimum absolute atomic E-state index is 0.0458. The smallest absolute Gasteiger partial charge is 0.406 e. The lowest BCUT2D eigenvalue weighted by atomic mass is 10.2. The van der Waals surface area contributed by atoms with Gasteiger partial charge in [-0.05, 0) is 24.3 Å². The number of hydrogen-bond donors (Lipinski definition) is 2. The molecule has 2 aromatic rings. The van der Waals surface area contributed by atoms with Crippen LogP contribution in [0.1, 0.15) is 16.1 Å². The molecule has 0 saturated carbocycles. The van der Waals surface area contributed by atoms with Gasteiger partial charge in [0.15, 0.2) is 5.13 Å². The highest BCUT2D eigenvalue weighted by Crippen LogP contribution is 2.23. The second-order valence-electron chi connectivity index (χ2n) is 4.31. The van der Waals surface area contributed by atoms with Gasteiger partial charge in [-0.2, -0.15) is 0 Å². The quantitative estimate of drug-likeness (QED) is 0.869. The number of rotatable bonds is 5. The molecule has 0 unspecified atom stereocenters. The number of anilines is 1. The Balaban J connectivity index is 2.00. The standard InChI is InChI=1S/C13H10F3N3O3S/c14-13(15,16)22-9-3-1-7(2-4-9)11(21)19-12-18-8(6-23-12)5-10(17)20/h1-4,6H,5H2,(H2,17,20)(H,18,19,21). The normalized spacial score (nSPS) is 11.1. The lowest BCUT2D eigenvalue weighted by molar-refractivity contribution is -0.274. The van der Waals surface area contributed by atoms with E-state index in [2.05, 4.69) is 15.0 Å². The predicted molar refractivity (Wildman–Crippen MR) is 76.1 cm³/mol. The van der Waals surface area contributed by atoms with Crippen molar-refractivity contribution < 1.29 is 27.5 Å². The Morgan fingerprint density at radius 1 is 1.26 bits per heavy atom. The van der Waals surface area contributed by atoms with Gasteiger partial charge in [0.25, 0.3) is 5.91 Å². The van der Waals surface area contributed by atoms with Crippen LogP contribution in [0.5, 0.6) is 5.75 Å².